The largest absolute Gasteiger partial charge is 1.00 e. The molecule has 0 bridgehead atoms. The Kier molecular flexibility index (Phi) is 22.6. The number of hydrogen-bond acceptors (Lipinski definition) is 23. The van der Waals surface area contributed by atoms with Crippen molar-refractivity contribution in [2.24, 2.45) is 10.2 Å². The number of nitrogens with zero attached hydrogens (tertiary/aromatic N) is 5. The van der Waals surface area contributed by atoms with Gasteiger partial charge in [-0.15, -0.1) is 0 Å². The molecule has 0 unspecified atom stereocenters. The fourth-order valence-electron chi connectivity index (χ4n) is 4.22. The smallest absolute Gasteiger partial charge is 0.744 e. The van der Waals surface area contributed by atoms with Crippen molar-refractivity contribution in [2.45, 2.75) is 14.7 Å². The quantitative estimate of drug-likeness (QED) is 0.0456. The zero-order valence-corrected chi connectivity index (χ0v) is 42.9. The van der Waals surface area contributed by atoms with E-state index in [0.717, 1.165) is 6.07 Å². The molecule has 0 saturated carbocycles. The van der Waals surface area contributed by atoms with Crippen molar-refractivity contribution in [1.29, 1.82) is 0 Å². The summed E-state index contributed by atoms with van der Waals surface area (Å²) in [5.74, 6) is -1.58. The monoisotopic (exact) mass is 949 g/mol. The normalized spacial score (nSPS) is 12.1. The number of ether oxygens (including phenoxy) is 1. The van der Waals surface area contributed by atoms with E-state index in [2.05, 4.69) is 40.0 Å². The third kappa shape index (κ3) is 17.2. The van der Waals surface area contributed by atoms with Crippen LogP contribution in [0.4, 0.5) is 29.0 Å². The molecular formula is C24H20ClN7Na4O16S5. The Morgan fingerprint density at radius 2 is 1.25 bits per heavy atom. The second kappa shape index (κ2) is 22.7. The number of fused-ring (bicyclic) bond motifs is 1. The molecule has 0 spiro atoms. The van der Waals surface area contributed by atoms with Crippen molar-refractivity contribution in [3.63, 3.8) is 0 Å². The van der Waals surface area contributed by atoms with E-state index in [4.69, 9.17) is 16.3 Å². The second-order valence-electron chi connectivity index (χ2n) is 10.1. The van der Waals surface area contributed by atoms with E-state index in [9.17, 15) is 60.3 Å². The maximum absolute atomic E-state index is 12.1. The van der Waals surface area contributed by atoms with E-state index in [1.54, 1.807) is 0 Å². The fourth-order valence-corrected chi connectivity index (χ4v) is 7.74. The molecular weight excluding hydrogens is 930 g/mol. The van der Waals surface area contributed by atoms with Crippen LogP contribution in [0.15, 0.2) is 67.4 Å². The minimum Gasteiger partial charge on any atom is -0.744 e. The molecule has 57 heavy (non-hydrogen) atoms. The summed E-state index contributed by atoms with van der Waals surface area (Å²) in [7, 11) is -24.1. The molecule has 33 heteroatoms. The van der Waals surface area contributed by atoms with Gasteiger partial charge in [-0.25, -0.2) is 42.1 Å². The molecule has 3 aromatic carbocycles. The molecule has 1 aromatic heterocycles. The number of aromatic nitrogens is 3. The fraction of sp³-hybridized carbons (Fsp3) is 0.208. The standard InChI is InChI=1S/C24H24ClN7O16S5.4Na/c1-47-19-9-13(2-3-18(19)27-24-29-22(25)28-23(30-24)26-4-6-49(33,34)7-5-48-53(44,45)46)31-32-14-8-16-17(20(10-14)51(38,39)40)11-15(50(35,36)37)12-21(16)52(41,42)43;;;;/h2-3,8-12H,4-7H2,1H3,(H,35,36,37)(H,38,39,40)(H,41,42,43)(H,44,45,46)(H2,26,27,28,29,30);;;;/q;4*+1/p-4. The van der Waals surface area contributed by atoms with Gasteiger partial charge in [0.1, 0.15) is 36.1 Å². The molecule has 2 N–H and O–H groups in total. The Bertz CT molecular complexity index is 2700. The molecule has 0 saturated heterocycles. The second-order valence-corrected chi connectivity index (χ2v) is 17.9. The average Bonchev–Trinajstić information content (AvgIpc) is 3.00. The van der Waals surface area contributed by atoms with Crippen LogP contribution in [0.2, 0.25) is 5.28 Å². The summed E-state index contributed by atoms with van der Waals surface area (Å²) in [5.41, 5.74) is -0.276. The number of anilines is 3. The van der Waals surface area contributed by atoms with E-state index in [1.165, 1.54) is 25.3 Å². The average molecular weight is 950 g/mol. The van der Waals surface area contributed by atoms with Crippen molar-refractivity contribution >= 4 is 102 Å². The van der Waals surface area contributed by atoms with Gasteiger partial charge in [0, 0.05) is 23.4 Å². The summed E-state index contributed by atoms with van der Waals surface area (Å²) < 4.78 is 172. The van der Waals surface area contributed by atoms with E-state index in [1.807, 2.05) is 0 Å². The minimum atomic E-state index is -5.55. The molecule has 0 radical (unpaired) electrons. The first-order valence-electron chi connectivity index (χ1n) is 13.7. The van der Waals surface area contributed by atoms with E-state index in [0.29, 0.717) is 12.1 Å². The summed E-state index contributed by atoms with van der Waals surface area (Å²) in [6.07, 6.45) is 0. The number of halogens is 1. The Morgan fingerprint density at radius 1 is 0.684 bits per heavy atom. The van der Waals surface area contributed by atoms with Gasteiger partial charge in [-0.3, -0.25) is 4.18 Å². The van der Waals surface area contributed by atoms with Crippen LogP contribution < -0.4 is 134 Å². The number of azo groups is 1. The molecule has 0 aliphatic heterocycles. The van der Waals surface area contributed by atoms with Crippen molar-refractivity contribution < 1.29 is 187 Å². The molecule has 0 aliphatic carbocycles. The maximum Gasteiger partial charge on any atom is 1.00 e. The molecule has 0 fully saturated rings. The van der Waals surface area contributed by atoms with Gasteiger partial charge in [-0.2, -0.15) is 25.2 Å². The van der Waals surface area contributed by atoms with Gasteiger partial charge in [0.15, 0.2) is 9.84 Å². The summed E-state index contributed by atoms with van der Waals surface area (Å²) in [6, 6.07) is 6.09. The van der Waals surface area contributed by atoms with Gasteiger partial charge in [0.25, 0.3) is 0 Å². The summed E-state index contributed by atoms with van der Waals surface area (Å²) >= 11 is 5.96. The van der Waals surface area contributed by atoms with E-state index >= 15 is 0 Å². The Labute approximate surface area is 419 Å². The van der Waals surface area contributed by atoms with Gasteiger partial charge < -0.3 is 33.6 Å². The first kappa shape index (κ1) is 56.8. The third-order valence-corrected chi connectivity index (χ3v) is 11.2. The number of rotatable bonds is 16. The van der Waals surface area contributed by atoms with Crippen LogP contribution in [0.1, 0.15) is 0 Å². The van der Waals surface area contributed by atoms with Gasteiger partial charge in [0.05, 0.1) is 57.0 Å². The van der Waals surface area contributed by atoms with Gasteiger partial charge in [-0.1, -0.05) is 0 Å². The minimum absolute atomic E-state index is 0. The molecule has 0 atom stereocenters. The van der Waals surface area contributed by atoms with Crippen LogP contribution in [-0.4, -0.2) is 107 Å². The van der Waals surface area contributed by atoms with Crippen molar-refractivity contribution in [1.82, 2.24) is 15.0 Å². The molecule has 0 aliphatic rings. The first-order chi connectivity index (χ1) is 24.3. The maximum atomic E-state index is 12.1. The van der Waals surface area contributed by atoms with Crippen LogP contribution in [0, 0.1) is 0 Å². The predicted octanol–water partition coefficient (Wildman–Crippen LogP) is -11.1. The van der Waals surface area contributed by atoms with Gasteiger partial charge in [0.2, 0.25) is 27.6 Å². The number of hydrogen-bond donors (Lipinski definition) is 2. The van der Waals surface area contributed by atoms with Crippen LogP contribution in [0.5, 0.6) is 5.75 Å². The number of sulfone groups is 1. The molecule has 4 rings (SSSR count). The van der Waals surface area contributed by atoms with Crippen molar-refractivity contribution in [3.05, 3.63) is 47.7 Å². The molecule has 23 nitrogen and oxygen atoms in total. The SMILES string of the molecule is COc1cc(N=Nc2cc(S(=O)(=O)[O-])c3cc(S(=O)(=O)[O-])cc(S(=O)(=O)[O-])c3c2)ccc1Nc1nc(Cl)nc(NCCS(=O)(=O)CCOS(=O)(=O)[O-])n1.[Na+].[Na+].[Na+].[Na+]. The zero-order chi connectivity index (χ0) is 39.6. The molecule has 1 heterocycles. The van der Waals surface area contributed by atoms with Crippen molar-refractivity contribution in [2.75, 3.05) is 42.4 Å². The van der Waals surface area contributed by atoms with E-state index < -0.39 is 99.8 Å². The van der Waals surface area contributed by atoms with Crippen LogP contribution in [0.25, 0.3) is 10.8 Å². The first-order valence-corrected chi connectivity index (χ1v) is 21.4. The summed E-state index contributed by atoms with van der Waals surface area (Å²) in [5, 5.41) is 11.2. The number of benzene rings is 3. The predicted molar refractivity (Wildman–Crippen MR) is 176 cm³/mol. The van der Waals surface area contributed by atoms with Crippen molar-refractivity contribution in [3.8, 4) is 5.75 Å². The number of methoxy groups -OCH3 is 1. The van der Waals surface area contributed by atoms with E-state index in [-0.39, 0.29) is 165 Å². The summed E-state index contributed by atoms with van der Waals surface area (Å²) in [6.45, 7) is -1.14. The van der Waals surface area contributed by atoms with Crippen LogP contribution in [0.3, 0.4) is 0 Å². The third-order valence-electron chi connectivity index (χ3n) is 6.42. The van der Waals surface area contributed by atoms with Crippen LogP contribution in [-0.2, 0) is 54.8 Å². The van der Waals surface area contributed by atoms with Gasteiger partial charge >= 0.3 is 118 Å². The Hall–Kier alpha value is -0.230. The topological polar surface area (TPSA) is 369 Å². The Balaban J connectivity index is 0.00000784. The zero-order valence-electron chi connectivity index (χ0n) is 30.1. The molecule has 0 amide bonds. The molecule has 288 valence electrons. The summed E-state index contributed by atoms with van der Waals surface area (Å²) in [4.78, 5) is 7.98. The Morgan fingerprint density at radius 3 is 1.81 bits per heavy atom. The van der Waals surface area contributed by atoms with Gasteiger partial charge in [-0.05, 0) is 48.0 Å². The number of nitrogens with one attached hydrogen (secondary N) is 2. The molecule has 4 aromatic rings. The van der Waals surface area contributed by atoms with Crippen LogP contribution >= 0.6 is 11.6 Å².